The Hall–Kier alpha value is -0.0600. The summed E-state index contributed by atoms with van der Waals surface area (Å²) in [4.78, 5) is 12.9. The topological polar surface area (TPSA) is 57.5 Å². The highest BCUT2D eigenvalue weighted by Crippen LogP contribution is 2.67. The molecule has 0 bridgehead atoms. The summed E-state index contributed by atoms with van der Waals surface area (Å²) in [6, 6.07) is 0. The van der Waals surface area contributed by atoms with Gasteiger partial charge in [0.1, 0.15) is 5.78 Å². The van der Waals surface area contributed by atoms with E-state index in [1.807, 2.05) is 0 Å². The second-order valence-electron chi connectivity index (χ2n) is 10.4. The fourth-order valence-corrected chi connectivity index (χ4v) is 8.86. The van der Waals surface area contributed by atoms with Gasteiger partial charge >= 0.3 is 0 Å². The molecule has 1 unspecified atom stereocenters. The van der Waals surface area contributed by atoms with Crippen LogP contribution in [0.3, 0.4) is 0 Å². The number of aliphatic hydroxyl groups is 2. The van der Waals surface area contributed by atoms with Gasteiger partial charge in [0.15, 0.2) is 0 Å². The minimum Gasteiger partial charge on any atom is -0.396 e. The summed E-state index contributed by atoms with van der Waals surface area (Å²) in [5.74, 6) is 4.62. The van der Waals surface area contributed by atoms with Crippen molar-refractivity contribution in [2.75, 3.05) is 18.1 Å². The Morgan fingerprint density at radius 1 is 1.04 bits per heavy atom. The number of carbonyl (C=O) groups is 1. The average molecular weight is 395 g/mol. The highest BCUT2D eigenvalue weighted by atomic mass is 32.2. The van der Waals surface area contributed by atoms with Crippen molar-refractivity contribution in [2.45, 2.75) is 77.7 Å². The maximum absolute atomic E-state index is 12.9. The number of hydrogen-bond acceptors (Lipinski definition) is 4. The second-order valence-corrected chi connectivity index (χ2v) is 11.5. The van der Waals surface area contributed by atoms with Crippen molar-refractivity contribution in [2.24, 2.45) is 40.4 Å². The monoisotopic (exact) mass is 394 g/mol. The quantitative estimate of drug-likeness (QED) is 0.683. The number of fused-ring (bicyclic) bond motifs is 5. The zero-order valence-electron chi connectivity index (χ0n) is 17.2. The van der Waals surface area contributed by atoms with Crippen LogP contribution in [0, 0.1) is 40.4 Å². The molecule has 0 heterocycles. The van der Waals surface area contributed by atoms with Crippen molar-refractivity contribution in [1.29, 1.82) is 0 Å². The SMILES string of the molecule is C[C@]12CC[C@H]3[C@@H](CC[C@@H]4CCCC(O)[C@@]43C)[C@@H]1CC[C@@H]2C(=O)CSCCO. The standard InChI is InChI=1S/C23H38O3S/c1-22-11-10-18-16(7-6-15-4-3-5-21(26)23(15,18)2)17(22)8-9-19(22)20(25)14-27-13-12-24/h15-19,21,24,26H,3-14H2,1-2H3/t15-,16-,17-,18-,19+,21?,22-,23-/m0/s1. The van der Waals surface area contributed by atoms with E-state index < -0.39 is 0 Å². The molecule has 0 amide bonds. The molecule has 0 radical (unpaired) electrons. The maximum atomic E-state index is 12.9. The van der Waals surface area contributed by atoms with Gasteiger partial charge in [-0.15, -0.1) is 0 Å². The van der Waals surface area contributed by atoms with Crippen LogP contribution in [-0.4, -0.2) is 40.2 Å². The van der Waals surface area contributed by atoms with Crippen molar-refractivity contribution in [3.05, 3.63) is 0 Å². The molecule has 2 N–H and O–H groups in total. The lowest BCUT2D eigenvalue weighted by Crippen LogP contribution is -2.57. The van der Waals surface area contributed by atoms with Crippen LogP contribution in [0.4, 0.5) is 0 Å². The number of aliphatic hydroxyl groups excluding tert-OH is 2. The minimum atomic E-state index is -0.123. The zero-order chi connectivity index (χ0) is 19.2. The first-order valence-electron chi connectivity index (χ1n) is 11.3. The van der Waals surface area contributed by atoms with Crippen molar-refractivity contribution < 1.29 is 15.0 Å². The summed E-state index contributed by atoms with van der Waals surface area (Å²) in [5, 5.41) is 20.0. The third-order valence-corrected chi connectivity index (χ3v) is 10.5. The van der Waals surface area contributed by atoms with Crippen molar-refractivity contribution in [3.63, 3.8) is 0 Å². The van der Waals surface area contributed by atoms with Crippen molar-refractivity contribution >= 4 is 17.5 Å². The molecule has 4 aliphatic rings. The van der Waals surface area contributed by atoms with E-state index in [0.717, 1.165) is 19.3 Å². The molecular weight excluding hydrogens is 356 g/mol. The first kappa shape index (κ1) is 20.2. The van der Waals surface area contributed by atoms with E-state index in [1.54, 1.807) is 11.8 Å². The predicted molar refractivity (Wildman–Crippen MR) is 111 cm³/mol. The van der Waals surface area contributed by atoms with E-state index in [4.69, 9.17) is 5.11 Å². The Morgan fingerprint density at radius 3 is 2.63 bits per heavy atom. The minimum absolute atomic E-state index is 0.113. The van der Waals surface area contributed by atoms with Crippen LogP contribution in [-0.2, 0) is 4.79 Å². The normalized spacial score (nSPS) is 49.2. The Morgan fingerprint density at radius 2 is 1.85 bits per heavy atom. The van der Waals surface area contributed by atoms with Gasteiger partial charge in [-0.3, -0.25) is 4.79 Å². The molecule has 4 rings (SSSR count). The maximum Gasteiger partial charge on any atom is 0.146 e. The smallest absolute Gasteiger partial charge is 0.146 e. The van der Waals surface area contributed by atoms with Crippen LogP contribution in [0.5, 0.6) is 0 Å². The Kier molecular flexibility index (Phi) is 5.73. The van der Waals surface area contributed by atoms with Gasteiger partial charge in [0.25, 0.3) is 0 Å². The van der Waals surface area contributed by atoms with E-state index in [0.29, 0.717) is 41.0 Å². The van der Waals surface area contributed by atoms with E-state index in [2.05, 4.69) is 13.8 Å². The Bertz CT molecular complexity index is 566. The first-order chi connectivity index (χ1) is 12.9. The first-order valence-corrected chi connectivity index (χ1v) is 12.5. The van der Waals surface area contributed by atoms with Gasteiger partial charge in [0.05, 0.1) is 18.5 Å². The molecule has 4 fully saturated rings. The fourth-order valence-electron chi connectivity index (χ4n) is 8.18. The molecule has 0 aliphatic heterocycles. The molecule has 0 aromatic carbocycles. The van der Waals surface area contributed by atoms with Crippen LogP contribution in [0.2, 0.25) is 0 Å². The molecular formula is C23H38O3S. The molecule has 0 spiro atoms. The van der Waals surface area contributed by atoms with Gasteiger partial charge in [0.2, 0.25) is 0 Å². The number of thioether (sulfide) groups is 1. The molecule has 0 aromatic rings. The summed E-state index contributed by atoms with van der Waals surface area (Å²) >= 11 is 1.59. The molecule has 4 heteroatoms. The van der Waals surface area contributed by atoms with Gasteiger partial charge in [-0.2, -0.15) is 11.8 Å². The van der Waals surface area contributed by atoms with Crippen LogP contribution in [0.1, 0.15) is 71.6 Å². The lowest BCUT2D eigenvalue weighted by molar-refractivity contribution is -0.164. The average Bonchev–Trinajstić information content (AvgIpc) is 3.00. The number of Topliss-reactive ketones (excluding diaryl/α,β-unsaturated/α-hetero) is 1. The number of ketones is 1. The molecule has 4 aliphatic carbocycles. The van der Waals surface area contributed by atoms with Gasteiger partial charge in [0, 0.05) is 11.7 Å². The number of hydrogen-bond donors (Lipinski definition) is 2. The molecule has 3 nitrogen and oxygen atoms in total. The van der Waals surface area contributed by atoms with Gasteiger partial charge in [-0.25, -0.2) is 0 Å². The Labute approximate surface area is 169 Å². The highest BCUT2D eigenvalue weighted by Gasteiger charge is 2.62. The van der Waals surface area contributed by atoms with Gasteiger partial charge < -0.3 is 10.2 Å². The molecule has 4 saturated carbocycles. The summed E-state index contributed by atoms with van der Waals surface area (Å²) in [6.07, 6.45) is 10.6. The molecule has 154 valence electrons. The highest BCUT2D eigenvalue weighted by molar-refractivity contribution is 7.99. The van der Waals surface area contributed by atoms with Crippen LogP contribution < -0.4 is 0 Å². The molecule has 0 aromatic heterocycles. The zero-order valence-corrected chi connectivity index (χ0v) is 18.0. The summed E-state index contributed by atoms with van der Waals surface area (Å²) < 4.78 is 0. The second kappa shape index (κ2) is 7.65. The van der Waals surface area contributed by atoms with Crippen molar-refractivity contribution in [3.8, 4) is 0 Å². The third kappa shape index (κ3) is 3.13. The van der Waals surface area contributed by atoms with Crippen LogP contribution in [0.25, 0.3) is 0 Å². The van der Waals surface area contributed by atoms with Gasteiger partial charge in [-0.1, -0.05) is 20.3 Å². The Balaban J connectivity index is 1.52. The summed E-state index contributed by atoms with van der Waals surface area (Å²) in [6.45, 7) is 4.98. The van der Waals surface area contributed by atoms with E-state index in [9.17, 15) is 9.90 Å². The lowest BCUT2D eigenvalue weighted by atomic mass is 9.44. The van der Waals surface area contributed by atoms with E-state index >= 15 is 0 Å². The van der Waals surface area contributed by atoms with Crippen LogP contribution in [0.15, 0.2) is 0 Å². The summed E-state index contributed by atoms with van der Waals surface area (Å²) in [5.41, 5.74) is 0.280. The number of rotatable bonds is 5. The number of carbonyl (C=O) groups excluding carboxylic acids is 1. The fraction of sp³-hybridized carbons (Fsp3) is 0.957. The van der Waals surface area contributed by atoms with Crippen LogP contribution >= 0.6 is 11.8 Å². The predicted octanol–water partition coefficient (Wildman–Crippen LogP) is 4.30. The molecule has 0 saturated heterocycles. The van der Waals surface area contributed by atoms with E-state index in [1.165, 1.54) is 38.5 Å². The van der Waals surface area contributed by atoms with E-state index in [-0.39, 0.29) is 29.5 Å². The largest absolute Gasteiger partial charge is 0.396 e. The van der Waals surface area contributed by atoms with Crippen molar-refractivity contribution in [1.82, 2.24) is 0 Å². The molecule has 8 atom stereocenters. The third-order valence-electron chi connectivity index (χ3n) is 9.58. The lowest BCUT2D eigenvalue weighted by Gasteiger charge is -2.61. The van der Waals surface area contributed by atoms with Gasteiger partial charge in [-0.05, 0) is 85.9 Å². The summed E-state index contributed by atoms with van der Waals surface area (Å²) in [7, 11) is 0. The molecule has 27 heavy (non-hydrogen) atoms.